The van der Waals surface area contributed by atoms with Gasteiger partial charge in [-0.3, -0.25) is 4.79 Å². The Morgan fingerprint density at radius 2 is 2.31 bits per heavy atom. The number of nitrogens with zero attached hydrogens (tertiary/aromatic N) is 1. The van der Waals surface area contributed by atoms with E-state index in [9.17, 15) is 9.70 Å². The van der Waals surface area contributed by atoms with E-state index in [1.54, 1.807) is 12.1 Å². The lowest BCUT2D eigenvalue weighted by atomic mass is 10.3. The smallest absolute Gasteiger partial charge is 0.249 e. The molecule has 0 saturated heterocycles. The van der Waals surface area contributed by atoms with Gasteiger partial charge in [-0.25, -0.2) is 0 Å². The van der Waals surface area contributed by atoms with Crippen molar-refractivity contribution in [2.45, 2.75) is 0 Å². The maximum absolute atomic E-state index is 10.8. The van der Waals surface area contributed by atoms with Crippen LogP contribution in [0.4, 0.5) is 5.69 Å². The summed E-state index contributed by atoms with van der Waals surface area (Å²) in [5.74, 6) is -0.447. The standard InChI is InChI=1S/C8H8N2O3/c11-7-3-1-2-6(4-7)10-8(12)5-9-13/h1-4,11H,5H2,(H,10,12). The highest BCUT2D eigenvalue weighted by molar-refractivity contribution is 5.92. The second-order valence-corrected chi connectivity index (χ2v) is 2.39. The highest BCUT2D eigenvalue weighted by atomic mass is 16.3. The summed E-state index contributed by atoms with van der Waals surface area (Å²) >= 11 is 0. The molecule has 0 bridgehead atoms. The van der Waals surface area contributed by atoms with E-state index in [4.69, 9.17) is 5.11 Å². The first kappa shape index (κ1) is 9.18. The van der Waals surface area contributed by atoms with Crippen LogP contribution in [0.15, 0.2) is 29.4 Å². The van der Waals surface area contributed by atoms with Crippen LogP contribution in [-0.2, 0) is 4.79 Å². The third-order valence-corrected chi connectivity index (χ3v) is 1.34. The van der Waals surface area contributed by atoms with Gasteiger partial charge in [0.25, 0.3) is 0 Å². The number of hydrogen-bond acceptors (Lipinski definition) is 4. The highest BCUT2D eigenvalue weighted by Gasteiger charge is 2.01. The lowest BCUT2D eigenvalue weighted by molar-refractivity contribution is -0.114. The molecule has 0 fully saturated rings. The summed E-state index contributed by atoms with van der Waals surface area (Å²) < 4.78 is 0. The van der Waals surface area contributed by atoms with Crippen LogP contribution < -0.4 is 5.32 Å². The first-order valence-electron chi connectivity index (χ1n) is 3.60. The van der Waals surface area contributed by atoms with Gasteiger partial charge in [0.2, 0.25) is 5.91 Å². The maximum Gasteiger partial charge on any atom is 0.249 e. The third-order valence-electron chi connectivity index (χ3n) is 1.34. The van der Waals surface area contributed by atoms with E-state index in [2.05, 4.69) is 10.5 Å². The molecule has 1 aromatic carbocycles. The number of nitrogens with one attached hydrogen (secondary N) is 1. The lowest BCUT2D eigenvalue weighted by Crippen LogP contribution is -2.14. The molecular formula is C8H8N2O3. The molecule has 0 heterocycles. The van der Waals surface area contributed by atoms with E-state index in [1.165, 1.54) is 12.1 Å². The molecule has 1 rings (SSSR count). The van der Waals surface area contributed by atoms with Gasteiger partial charge < -0.3 is 10.4 Å². The maximum atomic E-state index is 10.8. The second-order valence-electron chi connectivity index (χ2n) is 2.39. The largest absolute Gasteiger partial charge is 0.508 e. The quantitative estimate of drug-likeness (QED) is 0.683. The van der Waals surface area contributed by atoms with E-state index < -0.39 is 12.5 Å². The molecule has 1 amide bonds. The Hall–Kier alpha value is -1.91. The summed E-state index contributed by atoms with van der Waals surface area (Å²) in [5, 5.41) is 13.8. The number of phenolic OH excluding ortho intramolecular Hbond substituents is 1. The van der Waals surface area contributed by atoms with Crippen molar-refractivity contribution in [2.24, 2.45) is 5.18 Å². The SMILES string of the molecule is O=NCC(=O)Nc1cccc(O)c1. The Morgan fingerprint density at radius 1 is 1.54 bits per heavy atom. The lowest BCUT2D eigenvalue weighted by Gasteiger charge is -2.01. The number of carbonyl (C=O) groups is 1. The number of benzene rings is 1. The minimum absolute atomic E-state index is 0.0527. The van der Waals surface area contributed by atoms with E-state index >= 15 is 0 Å². The summed E-state index contributed by atoms with van der Waals surface area (Å²) in [4.78, 5) is 20.5. The summed E-state index contributed by atoms with van der Waals surface area (Å²) in [6.07, 6.45) is 0. The molecule has 0 aromatic heterocycles. The normalized spacial score (nSPS) is 9.23. The van der Waals surface area contributed by atoms with Crippen LogP contribution in [0.2, 0.25) is 0 Å². The van der Waals surface area contributed by atoms with Gasteiger partial charge in [0.15, 0.2) is 6.54 Å². The van der Waals surface area contributed by atoms with Gasteiger partial charge in [-0.15, -0.1) is 0 Å². The number of carbonyl (C=O) groups excluding carboxylic acids is 1. The van der Waals surface area contributed by atoms with Gasteiger partial charge in [0, 0.05) is 11.8 Å². The van der Waals surface area contributed by atoms with Crippen LogP contribution in [-0.4, -0.2) is 17.6 Å². The molecule has 5 nitrogen and oxygen atoms in total. The van der Waals surface area contributed by atoms with Crippen LogP contribution in [0, 0.1) is 4.91 Å². The average Bonchev–Trinajstić information content (AvgIpc) is 2.04. The average molecular weight is 180 g/mol. The van der Waals surface area contributed by atoms with Crippen molar-refractivity contribution >= 4 is 11.6 Å². The van der Waals surface area contributed by atoms with E-state index in [0.717, 1.165) is 0 Å². The third kappa shape index (κ3) is 2.90. The molecule has 0 aliphatic carbocycles. The fourth-order valence-corrected chi connectivity index (χ4v) is 0.843. The van der Waals surface area contributed by atoms with E-state index in [0.29, 0.717) is 5.69 Å². The second kappa shape index (κ2) is 4.20. The first-order chi connectivity index (χ1) is 6.22. The van der Waals surface area contributed by atoms with E-state index in [-0.39, 0.29) is 5.75 Å². The van der Waals surface area contributed by atoms with Gasteiger partial charge in [0.05, 0.1) is 0 Å². The zero-order valence-electron chi connectivity index (χ0n) is 6.73. The van der Waals surface area contributed by atoms with Crippen molar-refractivity contribution in [3.8, 4) is 5.75 Å². The van der Waals surface area contributed by atoms with Crippen molar-refractivity contribution in [1.29, 1.82) is 0 Å². The van der Waals surface area contributed by atoms with Crippen LogP contribution in [0.1, 0.15) is 0 Å². The van der Waals surface area contributed by atoms with Gasteiger partial charge in [0.1, 0.15) is 5.75 Å². The zero-order valence-corrected chi connectivity index (χ0v) is 6.73. The molecule has 0 saturated carbocycles. The number of rotatable bonds is 3. The highest BCUT2D eigenvalue weighted by Crippen LogP contribution is 2.14. The van der Waals surface area contributed by atoms with Crippen molar-refractivity contribution in [3.63, 3.8) is 0 Å². The number of anilines is 1. The number of phenols is 1. The van der Waals surface area contributed by atoms with Crippen molar-refractivity contribution in [2.75, 3.05) is 11.9 Å². The van der Waals surface area contributed by atoms with Crippen LogP contribution >= 0.6 is 0 Å². The van der Waals surface area contributed by atoms with Crippen LogP contribution in [0.25, 0.3) is 0 Å². The fourth-order valence-electron chi connectivity index (χ4n) is 0.843. The Bertz CT molecular complexity index is 325. The molecule has 68 valence electrons. The Balaban J connectivity index is 2.63. The fraction of sp³-hybridized carbons (Fsp3) is 0.125. The predicted molar refractivity (Wildman–Crippen MR) is 47.4 cm³/mol. The molecule has 5 heteroatoms. The molecule has 0 aliphatic rings. The van der Waals surface area contributed by atoms with Gasteiger partial charge in [-0.1, -0.05) is 11.2 Å². The molecule has 0 spiro atoms. The first-order valence-corrected chi connectivity index (χ1v) is 3.60. The number of aromatic hydroxyl groups is 1. The molecule has 13 heavy (non-hydrogen) atoms. The van der Waals surface area contributed by atoms with Crippen molar-refractivity contribution in [3.05, 3.63) is 29.2 Å². The summed E-state index contributed by atoms with van der Waals surface area (Å²) in [5.41, 5.74) is 0.439. The predicted octanol–water partition coefficient (Wildman–Crippen LogP) is 1.10. The number of hydrogen-bond donors (Lipinski definition) is 2. The molecule has 0 radical (unpaired) electrons. The van der Waals surface area contributed by atoms with Crippen LogP contribution in [0.3, 0.4) is 0 Å². The van der Waals surface area contributed by atoms with Gasteiger partial charge in [-0.05, 0) is 12.1 Å². The van der Waals surface area contributed by atoms with Gasteiger partial charge >= 0.3 is 0 Å². The molecule has 0 aliphatic heterocycles. The summed E-state index contributed by atoms with van der Waals surface area (Å²) in [6.45, 7) is -0.421. The Labute approximate surface area is 74.4 Å². The Kier molecular flexibility index (Phi) is 2.97. The Morgan fingerprint density at radius 3 is 2.92 bits per heavy atom. The van der Waals surface area contributed by atoms with Gasteiger partial charge in [-0.2, -0.15) is 4.91 Å². The number of amides is 1. The van der Waals surface area contributed by atoms with E-state index in [1.807, 2.05) is 0 Å². The molecule has 2 N–H and O–H groups in total. The molecule has 0 unspecified atom stereocenters. The summed E-state index contributed by atoms with van der Waals surface area (Å²) in [7, 11) is 0. The molecular weight excluding hydrogens is 172 g/mol. The minimum Gasteiger partial charge on any atom is -0.508 e. The molecule has 0 atom stereocenters. The number of nitroso groups, excluding NO2 is 1. The zero-order chi connectivity index (χ0) is 9.68. The monoisotopic (exact) mass is 180 g/mol. The topological polar surface area (TPSA) is 78.8 Å². The van der Waals surface area contributed by atoms with Crippen LogP contribution in [0.5, 0.6) is 5.75 Å². The van der Waals surface area contributed by atoms with Crippen molar-refractivity contribution < 1.29 is 9.90 Å². The molecule has 1 aromatic rings. The minimum atomic E-state index is -0.499. The van der Waals surface area contributed by atoms with Crippen molar-refractivity contribution in [1.82, 2.24) is 0 Å². The summed E-state index contributed by atoms with van der Waals surface area (Å²) in [6, 6.07) is 6.04.